The van der Waals surface area contributed by atoms with Crippen molar-refractivity contribution in [3.63, 3.8) is 0 Å². The van der Waals surface area contributed by atoms with Gasteiger partial charge in [-0.25, -0.2) is 4.79 Å². The van der Waals surface area contributed by atoms with Crippen LogP contribution in [-0.2, 0) is 11.2 Å². The van der Waals surface area contributed by atoms with E-state index in [4.69, 9.17) is 4.74 Å². The highest BCUT2D eigenvalue weighted by Crippen LogP contribution is 2.14. The van der Waals surface area contributed by atoms with E-state index in [-0.39, 0.29) is 12.0 Å². The molecule has 0 spiro atoms. The molecule has 1 aliphatic rings. The van der Waals surface area contributed by atoms with E-state index in [0.29, 0.717) is 31.7 Å². The van der Waals surface area contributed by atoms with Gasteiger partial charge < -0.3 is 14.5 Å². The van der Waals surface area contributed by atoms with Gasteiger partial charge >= 0.3 is 6.09 Å². The lowest BCUT2D eigenvalue weighted by molar-refractivity contribution is 0.0141. The van der Waals surface area contributed by atoms with Crippen molar-refractivity contribution in [2.24, 2.45) is 0 Å². The van der Waals surface area contributed by atoms with E-state index >= 15 is 0 Å². The number of nitrogens with zero attached hydrogens (tertiary/aromatic N) is 2. The number of rotatable bonds is 2. The fourth-order valence-electron chi connectivity index (χ4n) is 2.48. The highest BCUT2D eigenvalue weighted by Gasteiger charge is 2.27. The van der Waals surface area contributed by atoms with Crippen molar-refractivity contribution < 1.29 is 14.3 Å². The first-order valence-electron chi connectivity index (χ1n) is 8.16. The number of hydrogen-bond donors (Lipinski definition) is 0. The van der Waals surface area contributed by atoms with Crippen molar-refractivity contribution in [1.29, 1.82) is 0 Å². The van der Waals surface area contributed by atoms with Gasteiger partial charge in [0.05, 0.1) is 0 Å². The quantitative estimate of drug-likeness (QED) is 0.842. The van der Waals surface area contributed by atoms with E-state index in [0.717, 1.165) is 6.42 Å². The van der Waals surface area contributed by atoms with Gasteiger partial charge in [0.1, 0.15) is 5.60 Å². The molecule has 1 fully saturated rings. The smallest absolute Gasteiger partial charge is 0.410 e. The molecule has 1 aliphatic heterocycles. The molecule has 0 bridgehead atoms. The fraction of sp³-hybridized carbons (Fsp3) is 0.556. The monoisotopic (exact) mass is 318 g/mol. The standard InChI is InChI=1S/C18H26N2O3/c1-5-14-6-8-15(9-7-14)16(21)19-10-12-20(13-11-19)17(22)23-18(2,3)4/h6-9H,5,10-13H2,1-4H3. The number of amides is 2. The Morgan fingerprint density at radius 2 is 1.52 bits per heavy atom. The van der Waals surface area contributed by atoms with Gasteiger partial charge in [-0.15, -0.1) is 0 Å². The number of aryl methyl sites for hydroxylation is 1. The van der Waals surface area contributed by atoms with Gasteiger partial charge in [0.25, 0.3) is 5.91 Å². The van der Waals surface area contributed by atoms with Crippen LogP contribution in [0.3, 0.4) is 0 Å². The predicted molar refractivity (Wildman–Crippen MR) is 89.5 cm³/mol. The minimum absolute atomic E-state index is 0.0245. The number of carbonyl (C=O) groups is 2. The number of carbonyl (C=O) groups excluding carboxylic acids is 2. The van der Waals surface area contributed by atoms with Gasteiger partial charge in [-0.1, -0.05) is 19.1 Å². The molecule has 1 aromatic carbocycles. The molecule has 23 heavy (non-hydrogen) atoms. The van der Waals surface area contributed by atoms with Crippen LogP contribution in [0.5, 0.6) is 0 Å². The SMILES string of the molecule is CCc1ccc(C(=O)N2CCN(C(=O)OC(C)(C)C)CC2)cc1. The second-order valence-electron chi connectivity index (χ2n) is 6.81. The Morgan fingerprint density at radius 3 is 2.00 bits per heavy atom. The molecule has 5 nitrogen and oxygen atoms in total. The zero-order valence-corrected chi connectivity index (χ0v) is 14.5. The minimum Gasteiger partial charge on any atom is -0.444 e. The Bertz CT molecular complexity index is 553. The average molecular weight is 318 g/mol. The van der Waals surface area contributed by atoms with Crippen molar-refractivity contribution in [1.82, 2.24) is 9.80 Å². The Labute approximate surface area is 138 Å². The van der Waals surface area contributed by atoms with E-state index in [2.05, 4.69) is 6.92 Å². The third-order valence-electron chi connectivity index (χ3n) is 3.83. The highest BCUT2D eigenvalue weighted by molar-refractivity contribution is 5.94. The molecule has 1 heterocycles. The average Bonchev–Trinajstić information content (AvgIpc) is 2.53. The maximum Gasteiger partial charge on any atom is 0.410 e. The summed E-state index contributed by atoms with van der Waals surface area (Å²) in [7, 11) is 0. The number of hydrogen-bond acceptors (Lipinski definition) is 3. The van der Waals surface area contributed by atoms with Crippen molar-refractivity contribution in [2.75, 3.05) is 26.2 Å². The normalized spacial score (nSPS) is 15.5. The Hall–Kier alpha value is -2.04. The molecule has 126 valence electrons. The van der Waals surface area contributed by atoms with Crippen LogP contribution in [0.1, 0.15) is 43.6 Å². The maximum absolute atomic E-state index is 12.5. The number of piperazine rings is 1. The third-order valence-corrected chi connectivity index (χ3v) is 3.83. The van der Waals surface area contributed by atoms with E-state index in [9.17, 15) is 9.59 Å². The first-order valence-corrected chi connectivity index (χ1v) is 8.16. The van der Waals surface area contributed by atoms with Gasteiger partial charge in [-0.2, -0.15) is 0 Å². The van der Waals surface area contributed by atoms with Crippen LogP contribution in [0.2, 0.25) is 0 Å². The lowest BCUT2D eigenvalue weighted by Crippen LogP contribution is -2.51. The molecule has 0 N–H and O–H groups in total. The van der Waals surface area contributed by atoms with Crippen LogP contribution in [-0.4, -0.2) is 53.6 Å². The molecule has 0 aliphatic carbocycles. The second-order valence-corrected chi connectivity index (χ2v) is 6.81. The molecule has 0 aromatic heterocycles. The van der Waals surface area contributed by atoms with Crippen molar-refractivity contribution in [3.05, 3.63) is 35.4 Å². The van der Waals surface area contributed by atoms with Crippen LogP contribution < -0.4 is 0 Å². The third kappa shape index (κ3) is 4.71. The van der Waals surface area contributed by atoms with Gasteiger partial charge in [-0.05, 0) is 44.9 Å². The predicted octanol–water partition coefficient (Wildman–Crippen LogP) is 2.94. The minimum atomic E-state index is -0.495. The zero-order chi connectivity index (χ0) is 17.0. The summed E-state index contributed by atoms with van der Waals surface area (Å²) in [6, 6.07) is 7.73. The van der Waals surface area contributed by atoms with Crippen molar-refractivity contribution in [2.45, 2.75) is 39.7 Å². The Morgan fingerprint density at radius 1 is 1.00 bits per heavy atom. The summed E-state index contributed by atoms with van der Waals surface area (Å²) in [4.78, 5) is 28.0. The maximum atomic E-state index is 12.5. The van der Waals surface area contributed by atoms with Crippen molar-refractivity contribution in [3.8, 4) is 0 Å². The largest absolute Gasteiger partial charge is 0.444 e. The Kier molecular flexibility index (Phi) is 5.29. The topological polar surface area (TPSA) is 49.9 Å². The van der Waals surface area contributed by atoms with E-state index in [1.54, 1.807) is 9.80 Å². The molecule has 2 amide bonds. The second kappa shape index (κ2) is 7.02. The summed E-state index contributed by atoms with van der Waals surface area (Å²) in [5, 5.41) is 0. The molecule has 1 saturated heterocycles. The molecule has 0 saturated carbocycles. The van der Waals surface area contributed by atoms with Crippen LogP contribution in [0, 0.1) is 0 Å². The lowest BCUT2D eigenvalue weighted by Gasteiger charge is -2.35. The summed E-state index contributed by atoms with van der Waals surface area (Å²) in [5.74, 6) is 0.0245. The molecule has 5 heteroatoms. The molecule has 0 unspecified atom stereocenters. The van der Waals surface area contributed by atoms with Crippen LogP contribution >= 0.6 is 0 Å². The summed E-state index contributed by atoms with van der Waals surface area (Å²) >= 11 is 0. The highest BCUT2D eigenvalue weighted by atomic mass is 16.6. The van der Waals surface area contributed by atoms with Gasteiger partial charge in [0, 0.05) is 31.7 Å². The van der Waals surface area contributed by atoms with E-state index in [1.807, 2.05) is 45.0 Å². The first kappa shape index (κ1) is 17.3. The number of ether oxygens (including phenoxy) is 1. The Balaban J connectivity index is 1.90. The molecular formula is C18H26N2O3. The number of benzene rings is 1. The van der Waals surface area contributed by atoms with Crippen LogP contribution in [0.15, 0.2) is 24.3 Å². The summed E-state index contributed by atoms with van der Waals surface area (Å²) in [6.07, 6.45) is 0.653. The van der Waals surface area contributed by atoms with Crippen molar-refractivity contribution >= 4 is 12.0 Å². The molecular weight excluding hydrogens is 292 g/mol. The first-order chi connectivity index (χ1) is 10.8. The van der Waals surface area contributed by atoms with Crippen LogP contribution in [0.4, 0.5) is 4.79 Å². The van der Waals surface area contributed by atoms with Gasteiger partial charge in [0.15, 0.2) is 0 Å². The van der Waals surface area contributed by atoms with Gasteiger partial charge in [0.2, 0.25) is 0 Å². The van der Waals surface area contributed by atoms with E-state index < -0.39 is 5.60 Å². The molecule has 1 aromatic rings. The molecule has 0 radical (unpaired) electrons. The van der Waals surface area contributed by atoms with E-state index in [1.165, 1.54) is 5.56 Å². The zero-order valence-electron chi connectivity index (χ0n) is 14.5. The van der Waals surface area contributed by atoms with Crippen LogP contribution in [0.25, 0.3) is 0 Å². The van der Waals surface area contributed by atoms with Gasteiger partial charge in [-0.3, -0.25) is 4.79 Å². The summed E-state index contributed by atoms with van der Waals surface area (Å²) in [6.45, 7) is 9.73. The molecule has 0 atom stereocenters. The molecule has 2 rings (SSSR count). The summed E-state index contributed by atoms with van der Waals surface area (Å²) < 4.78 is 5.37. The fourth-order valence-corrected chi connectivity index (χ4v) is 2.48. The summed E-state index contributed by atoms with van der Waals surface area (Å²) in [5.41, 5.74) is 1.43. The lowest BCUT2D eigenvalue weighted by atomic mass is 10.1.